The molecule has 142 valence electrons. The van der Waals surface area contributed by atoms with Crippen LogP contribution < -0.4 is 5.32 Å². The Balaban J connectivity index is 1.83. The van der Waals surface area contributed by atoms with Crippen molar-refractivity contribution in [3.8, 4) is 11.5 Å². The Kier molecular flexibility index (Phi) is 4.65. The summed E-state index contributed by atoms with van der Waals surface area (Å²) < 4.78 is 41.5. The molecule has 0 aliphatic carbocycles. The highest BCUT2D eigenvalue weighted by Gasteiger charge is 2.32. The van der Waals surface area contributed by atoms with E-state index >= 15 is 0 Å². The van der Waals surface area contributed by atoms with E-state index in [1.54, 1.807) is 23.0 Å². The first-order valence-electron chi connectivity index (χ1n) is 8.10. The molecule has 10 heteroatoms. The minimum absolute atomic E-state index is 0.0362. The predicted molar refractivity (Wildman–Crippen MR) is 106 cm³/mol. The number of halogens is 4. The SMILES string of the molecule is Cc1cc(Nc2nc(-c3cccc(C(F)(F)F)n3)nn3cccc23)c(I)cn1. The lowest BCUT2D eigenvalue weighted by Gasteiger charge is -2.12. The molecular weight excluding hydrogens is 484 g/mol. The number of fused-ring (bicyclic) bond motifs is 1. The van der Waals surface area contributed by atoms with Crippen LogP contribution in [0, 0.1) is 10.5 Å². The van der Waals surface area contributed by atoms with Crippen LogP contribution >= 0.6 is 22.6 Å². The molecule has 4 aromatic rings. The molecular formula is C18H12F3IN6. The van der Waals surface area contributed by atoms with E-state index in [1.165, 1.54) is 12.1 Å². The molecule has 0 aliphatic rings. The highest BCUT2D eigenvalue weighted by Crippen LogP contribution is 2.30. The van der Waals surface area contributed by atoms with Gasteiger partial charge in [-0.15, -0.1) is 5.10 Å². The number of pyridine rings is 2. The fourth-order valence-electron chi connectivity index (χ4n) is 2.62. The molecule has 1 N–H and O–H groups in total. The standard InChI is InChI=1S/C18H12F3IN6/c1-10-8-13(11(22)9-23-10)25-17-14-5-3-7-28(14)27-16(26-17)12-4-2-6-15(24-12)18(19,20)21/h2-9H,1H3,(H,23,25,26,27). The van der Waals surface area contributed by atoms with E-state index in [0.29, 0.717) is 11.3 Å². The maximum absolute atomic E-state index is 13.0. The molecule has 4 heterocycles. The third-order valence-electron chi connectivity index (χ3n) is 3.90. The van der Waals surface area contributed by atoms with Gasteiger partial charge in [0.1, 0.15) is 16.9 Å². The second-order valence-electron chi connectivity index (χ2n) is 5.96. The monoisotopic (exact) mass is 496 g/mol. The molecule has 4 rings (SSSR count). The summed E-state index contributed by atoms with van der Waals surface area (Å²) >= 11 is 2.15. The van der Waals surface area contributed by atoms with Gasteiger partial charge in [0, 0.05) is 18.1 Å². The highest BCUT2D eigenvalue weighted by atomic mass is 127. The molecule has 0 aromatic carbocycles. The number of aromatic nitrogens is 5. The number of hydrogen-bond donors (Lipinski definition) is 1. The minimum atomic E-state index is -4.54. The zero-order valence-corrected chi connectivity index (χ0v) is 16.5. The van der Waals surface area contributed by atoms with Crippen molar-refractivity contribution < 1.29 is 13.2 Å². The number of anilines is 2. The van der Waals surface area contributed by atoms with Crippen LogP contribution in [-0.2, 0) is 6.18 Å². The lowest BCUT2D eigenvalue weighted by Crippen LogP contribution is -2.10. The molecule has 0 spiro atoms. The van der Waals surface area contributed by atoms with Crippen molar-refractivity contribution in [3.63, 3.8) is 0 Å². The smallest absolute Gasteiger partial charge is 0.337 e. The minimum Gasteiger partial charge on any atom is -0.337 e. The summed E-state index contributed by atoms with van der Waals surface area (Å²) in [6.45, 7) is 1.87. The number of nitrogens with zero attached hydrogens (tertiary/aromatic N) is 5. The summed E-state index contributed by atoms with van der Waals surface area (Å²) in [7, 11) is 0. The summed E-state index contributed by atoms with van der Waals surface area (Å²) in [5.74, 6) is 0.538. The van der Waals surface area contributed by atoms with Gasteiger partial charge in [0.2, 0.25) is 5.82 Å². The van der Waals surface area contributed by atoms with Crippen LogP contribution in [0.5, 0.6) is 0 Å². The number of hydrogen-bond acceptors (Lipinski definition) is 5. The lowest BCUT2D eigenvalue weighted by atomic mass is 10.3. The molecule has 6 nitrogen and oxygen atoms in total. The molecule has 0 radical (unpaired) electrons. The molecule has 28 heavy (non-hydrogen) atoms. The van der Waals surface area contributed by atoms with Gasteiger partial charge < -0.3 is 5.32 Å². The Hall–Kier alpha value is -2.76. The van der Waals surface area contributed by atoms with Crippen molar-refractivity contribution in [1.82, 2.24) is 24.6 Å². The molecule has 0 aliphatic heterocycles. The first-order valence-corrected chi connectivity index (χ1v) is 9.18. The lowest BCUT2D eigenvalue weighted by molar-refractivity contribution is -0.141. The molecule has 0 saturated carbocycles. The summed E-state index contributed by atoms with van der Waals surface area (Å²) in [6.07, 6.45) is -1.12. The third kappa shape index (κ3) is 3.63. The van der Waals surface area contributed by atoms with Gasteiger partial charge in [-0.1, -0.05) is 6.07 Å². The number of rotatable bonds is 3. The van der Waals surface area contributed by atoms with E-state index in [-0.39, 0.29) is 11.5 Å². The number of nitrogens with one attached hydrogen (secondary N) is 1. The average molecular weight is 496 g/mol. The Morgan fingerprint density at radius 2 is 1.93 bits per heavy atom. The van der Waals surface area contributed by atoms with E-state index in [1.807, 2.05) is 19.1 Å². The average Bonchev–Trinajstić information content (AvgIpc) is 3.13. The predicted octanol–water partition coefficient (Wildman–Crippen LogP) is 4.86. The second-order valence-corrected chi connectivity index (χ2v) is 7.12. The maximum Gasteiger partial charge on any atom is 0.433 e. The fourth-order valence-corrected chi connectivity index (χ4v) is 3.05. The Morgan fingerprint density at radius 1 is 1.11 bits per heavy atom. The van der Waals surface area contributed by atoms with E-state index in [9.17, 15) is 13.2 Å². The van der Waals surface area contributed by atoms with Crippen LogP contribution in [-0.4, -0.2) is 24.6 Å². The quantitative estimate of drug-likeness (QED) is 0.411. The number of alkyl halides is 3. The molecule has 0 atom stereocenters. The Bertz CT molecular complexity index is 1170. The van der Waals surface area contributed by atoms with Crippen LogP contribution in [0.4, 0.5) is 24.7 Å². The molecule has 0 bridgehead atoms. The normalized spacial score (nSPS) is 11.8. The van der Waals surface area contributed by atoms with Gasteiger partial charge in [0.05, 0.1) is 9.26 Å². The molecule has 0 fully saturated rings. The Labute approximate surface area is 171 Å². The van der Waals surface area contributed by atoms with Gasteiger partial charge in [0.25, 0.3) is 0 Å². The van der Waals surface area contributed by atoms with Crippen LogP contribution in [0.3, 0.4) is 0 Å². The van der Waals surface area contributed by atoms with Crippen molar-refractivity contribution in [3.05, 3.63) is 63.7 Å². The van der Waals surface area contributed by atoms with Crippen molar-refractivity contribution in [1.29, 1.82) is 0 Å². The van der Waals surface area contributed by atoms with E-state index in [2.05, 4.69) is 48.0 Å². The summed E-state index contributed by atoms with van der Waals surface area (Å²) in [6, 6.07) is 9.11. The van der Waals surface area contributed by atoms with Crippen LogP contribution in [0.2, 0.25) is 0 Å². The third-order valence-corrected chi connectivity index (χ3v) is 4.76. The maximum atomic E-state index is 13.0. The van der Waals surface area contributed by atoms with Gasteiger partial charge in [-0.05, 0) is 59.8 Å². The molecule has 0 unspecified atom stereocenters. The van der Waals surface area contributed by atoms with Crippen molar-refractivity contribution in [2.24, 2.45) is 0 Å². The largest absolute Gasteiger partial charge is 0.433 e. The summed E-state index contributed by atoms with van der Waals surface area (Å²) in [5, 5.41) is 7.52. The molecule has 0 saturated heterocycles. The van der Waals surface area contributed by atoms with Crippen LogP contribution in [0.15, 0.2) is 48.8 Å². The van der Waals surface area contributed by atoms with Crippen molar-refractivity contribution in [2.75, 3.05) is 5.32 Å². The first-order chi connectivity index (χ1) is 13.3. The van der Waals surface area contributed by atoms with E-state index < -0.39 is 11.9 Å². The second kappa shape index (κ2) is 7.00. The summed E-state index contributed by atoms with van der Waals surface area (Å²) in [5.41, 5.74) is 1.34. The number of aryl methyl sites for hydroxylation is 1. The van der Waals surface area contributed by atoms with Crippen LogP contribution in [0.1, 0.15) is 11.4 Å². The van der Waals surface area contributed by atoms with Gasteiger partial charge in [-0.2, -0.15) is 13.2 Å². The van der Waals surface area contributed by atoms with Gasteiger partial charge in [-0.3, -0.25) is 4.98 Å². The van der Waals surface area contributed by atoms with Gasteiger partial charge in [-0.25, -0.2) is 14.5 Å². The van der Waals surface area contributed by atoms with Crippen molar-refractivity contribution >= 4 is 39.6 Å². The van der Waals surface area contributed by atoms with Crippen LogP contribution in [0.25, 0.3) is 17.0 Å². The zero-order chi connectivity index (χ0) is 19.9. The highest BCUT2D eigenvalue weighted by molar-refractivity contribution is 14.1. The van der Waals surface area contributed by atoms with E-state index in [4.69, 9.17) is 0 Å². The Morgan fingerprint density at radius 3 is 2.71 bits per heavy atom. The van der Waals surface area contributed by atoms with E-state index in [0.717, 1.165) is 21.0 Å². The van der Waals surface area contributed by atoms with Gasteiger partial charge >= 0.3 is 6.18 Å². The molecule has 0 amide bonds. The van der Waals surface area contributed by atoms with Gasteiger partial charge in [0.15, 0.2) is 5.82 Å². The first kappa shape index (κ1) is 18.6. The fraction of sp³-hybridized carbons (Fsp3) is 0.111. The topological polar surface area (TPSA) is 68.0 Å². The zero-order valence-electron chi connectivity index (χ0n) is 14.4. The van der Waals surface area contributed by atoms with Crippen molar-refractivity contribution in [2.45, 2.75) is 13.1 Å². The summed E-state index contributed by atoms with van der Waals surface area (Å²) in [4.78, 5) is 12.3. The molecule has 4 aromatic heterocycles.